The average molecular weight is 313 g/mol. The van der Waals surface area contributed by atoms with Crippen LogP contribution in [0.4, 0.5) is 0 Å². The van der Waals surface area contributed by atoms with Gasteiger partial charge in [0.1, 0.15) is 0 Å². The molecule has 2 aromatic carbocycles. The fourth-order valence-corrected chi connectivity index (χ4v) is 3.97. The number of rotatable bonds is 5. The summed E-state index contributed by atoms with van der Waals surface area (Å²) in [4.78, 5) is 0. The fraction of sp³-hybridized carbons (Fsp3) is 0.368. The molecule has 0 fully saturated rings. The summed E-state index contributed by atoms with van der Waals surface area (Å²) in [6, 6.07) is 14.8. The molecule has 0 aliphatic carbocycles. The minimum atomic E-state index is -0.834. The highest BCUT2D eigenvalue weighted by atomic mass is 32.1. The number of nitrogens with one attached hydrogen (secondary N) is 1. The molecule has 0 spiro atoms. The second-order valence-corrected chi connectivity index (χ2v) is 7.25. The fourth-order valence-electron chi connectivity index (χ4n) is 2.89. The summed E-state index contributed by atoms with van der Waals surface area (Å²) in [5.41, 5.74) is 0.160. The summed E-state index contributed by atoms with van der Waals surface area (Å²) in [6.07, 6.45) is 0. The molecule has 116 valence electrons. The van der Waals surface area contributed by atoms with Crippen LogP contribution in [0.2, 0.25) is 0 Å². The average Bonchev–Trinajstić information content (AvgIpc) is 2.90. The maximum absolute atomic E-state index is 11.0. The van der Waals surface area contributed by atoms with Crippen LogP contribution in [0.3, 0.4) is 0 Å². The van der Waals surface area contributed by atoms with Gasteiger partial charge in [-0.15, -0.1) is 11.3 Å². The van der Waals surface area contributed by atoms with E-state index in [4.69, 9.17) is 0 Å². The molecule has 2 N–H and O–H groups in total. The number of hydrogen-bond acceptors (Lipinski definition) is 3. The van der Waals surface area contributed by atoms with Gasteiger partial charge < -0.3 is 10.4 Å². The van der Waals surface area contributed by atoms with Crippen LogP contribution in [-0.2, 0) is 5.60 Å². The number of benzene rings is 2. The largest absolute Gasteiger partial charge is 0.385 e. The third-order valence-electron chi connectivity index (χ3n) is 4.62. The van der Waals surface area contributed by atoms with Gasteiger partial charge in [-0.1, -0.05) is 38.1 Å². The maximum atomic E-state index is 11.0. The Balaban J connectivity index is 2.05. The van der Waals surface area contributed by atoms with Gasteiger partial charge in [-0.25, -0.2) is 0 Å². The molecule has 0 bridgehead atoms. The SMILES string of the molecule is CCNCC(C)C(C)(O)c1ccc2sc3ccccc3c2c1. The van der Waals surface area contributed by atoms with Crippen molar-refractivity contribution in [2.75, 3.05) is 13.1 Å². The molecule has 3 rings (SSSR count). The molecule has 1 heterocycles. The van der Waals surface area contributed by atoms with Crippen molar-refractivity contribution >= 4 is 31.5 Å². The first-order chi connectivity index (χ1) is 10.5. The van der Waals surface area contributed by atoms with E-state index in [9.17, 15) is 5.11 Å². The van der Waals surface area contributed by atoms with Gasteiger partial charge in [0.2, 0.25) is 0 Å². The Morgan fingerprint density at radius 2 is 1.86 bits per heavy atom. The molecule has 3 heteroatoms. The first-order valence-electron chi connectivity index (χ1n) is 7.89. The van der Waals surface area contributed by atoms with Gasteiger partial charge in [0.15, 0.2) is 0 Å². The van der Waals surface area contributed by atoms with Crippen molar-refractivity contribution in [2.24, 2.45) is 5.92 Å². The van der Waals surface area contributed by atoms with E-state index < -0.39 is 5.60 Å². The Kier molecular flexibility index (Phi) is 4.22. The van der Waals surface area contributed by atoms with E-state index in [1.165, 1.54) is 20.2 Å². The van der Waals surface area contributed by atoms with Crippen molar-refractivity contribution in [1.82, 2.24) is 5.32 Å². The second kappa shape index (κ2) is 5.99. The van der Waals surface area contributed by atoms with Crippen molar-refractivity contribution in [1.29, 1.82) is 0 Å². The van der Waals surface area contributed by atoms with Crippen LogP contribution in [0.5, 0.6) is 0 Å². The highest BCUT2D eigenvalue weighted by Crippen LogP contribution is 2.37. The molecule has 0 aliphatic heterocycles. The van der Waals surface area contributed by atoms with Crippen LogP contribution in [0.15, 0.2) is 42.5 Å². The van der Waals surface area contributed by atoms with Gasteiger partial charge in [0, 0.05) is 32.6 Å². The Morgan fingerprint density at radius 1 is 1.14 bits per heavy atom. The zero-order chi connectivity index (χ0) is 15.7. The van der Waals surface area contributed by atoms with E-state index >= 15 is 0 Å². The van der Waals surface area contributed by atoms with Gasteiger partial charge in [0.05, 0.1) is 5.60 Å². The van der Waals surface area contributed by atoms with Gasteiger partial charge in [-0.3, -0.25) is 0 Å². The van der Waals surface area contributed by atoms with E-state index in [0.717, 1.165) is 18.7 Å². The molecular formula is C19H23NOS. The van der Waals surface area contributed by atoms with Crippen molar-refractivity contribution in [3.8, 4) is 0 Å². The predicted molar refractivity (Wildman–Crippen MR) is 96.6 cm³/mol. The van der Waals surface area contributed by atoms with E-state index in [-0.39, 0.29) is 5.92 Å². The molecule has 0 saturated heterocycles. The Hall–Kier alpha value is -1.42. The number of fused-ring (bicyclic) bond motifs is 3. The van der Waals surface area contributed by atoms with Crippen LogP contribution in [-0.4, -0.2) is 18.2 Å². The molecule has 2 nitrogen and oxygen atoms in total. The van der Waals surface area contributed by atoms with E-state index in [0.29, 0.717) is 0 Å². The van der Waals surface area contributed by atoms with E-state index in [1.807, 2.05) is 18.3 Å². The Bertz CT molecular complexity index is 790. The van der Waals surface area contributed by atoms with Crippen LogP contribution in [0.25, 0.3) is 20.2 Å². The lowest BCUT2D eigenvalue weighted by atomic mass is 9.83. The summed E-state index contributed by atoms with van der Waals surface area (Å²) in [5, 5.41) is 16.9. The maximum Gasteiger partial charge on any atom is 0.0906 e. The number of hydrogen-bond donors (Lipinski definition) is 2. The lowest BCUT2D eigenvalue weighted by Gasteiger charge is -2.31. The third-order valence-corrected chi connectivity index (χ3v) is 5.77. The molecule has 2 unspecified atom stereocenters. The van der Waals surface area contributed by atoms with Crippen molar-refractivity contribution < 1.29 is 5.11 Å². The minimum absolute atomic E-state index is 0.148. The quantitative estimate of drug-likeness (QED) is 0.726. The molecule has 0 radical (unpaired) electrons. The zero-order valence-electron chi connectivity index (χ0n) is 13.4. The molecule has 0 aliphatic rings. The normalized spacial score (nSPS) is 16.0. The minimum Gasteiger partial charge on any atom is -0.385 e. The highest BCUT2D eigenvalue weighted by Gasteiger charge is 2.30. The second-order valence-electron chi connectivity index (χ2n) is 6.17. The molecule has 22 heavy (non-hydrogen) atoms. The van der Waals surface area contributed by atoms with Crippen LogP contribution in [0, 0.1) is 5.92 Å². The third kappa shape index (κ3) is 2.65. The summed E-state index contributed by atoms with van der Waals surface area (Å²) >= 11 is 1.81. The lowest BCUT2D eigenvalue weighted by Crippen LogP contribution is -2.36. The lowest BCUT2D eigenvalue weighted by molar-refractivity contribution is 0.00222. The van der Waals surface area contributed by atoms with Crippen molar-refractivity contribution in [2.45, 2.75) is 26.4 Å². The van der Waals surface area contributed by atoms with Gasteiger partial charge in [0.25, 0.3) is 0 Å². The Morgan fingerprint density at radius 3 is 2.64 bits per heavy atom. The summed E-state index contributed by atoms with van der Waals surface area (Å²) in [5.74, 6) is 0.148. The summed E-state index contributed by atoms with van der Waals surface area (Å²) < 4.78 is 2.58. The Labute approximate surface area is 135 Å². The summed E-state index contributed by atoms with van der Waals surface area (Å²) in [7, 11) is 0. The van der Waals surface area contributed by atoms with E-state index in [2.05, 4.69) is 61.6 Å². The van der Waals surface area contributed by atoms with Crippen molar-refractivity contribution in [3.05, 3.63) is 48.0 Å². The molecule has 3 aromatic rings. The first-order valence-corrected chi connectivity index (χ1v) is 8.70. The molecule has 0 amide bonds. The predicted octanol–water partition coefficient (Wildman–Crippen LogP) is 4.51. The molecule has 1 aromatic heterocycles. The number of thiophene rings is 1. The monoisotopic (exact) mass is 313 g/mol. The summed E-state index contributed by atoms with van der Waals surface area (Å²) in [6.45, 7) is 7.84. The topological polar surface area (TPSA) is 32.3 Å². The van der Waals surface area contributed by atoms with Crippen LogP contribution in [0.1, 0.15) is 26.3 Å². The van der Waals surface area contributed by atoms with Gasteiger partial charge >= 0.3 is 0 Å². The van der Waals surface area contributed by atoms with Gasteiger partial charge in [-0.05, 0) is 37.2 Å². The van der Waals surface area contributed by atoms with E-state index in [1.54, 1.807) is 0 Å². The molecule has 0 saturated carbocycles. The molecular weight excluding hydrogens is 290 g/mol. The van der Waals surface area contributed by atoms with Crippen LogP contribution < -0.4 is 5.32 Å². The molecule has 2 atom stereocenters. The van der Waals surface area contributed by atoms with Gasteiger partial charge in [-0.2, -0.15) is 0 Å². The van der Waals surface area contributed by atoms with Crippen molar-refractivity contribution in [3.63, 3.8) is 0 Å². The number of aliphatic hydroxyl groups is 1. The highest BCUT2D eigenvalue weighted by molar-refractivity contribution is 7.25. The smallest absolute Gasteiger partial charge is 0.0906 e. The standard InChI is InChI=1S/C19H23NOS/c1-4-20-12-13(2)19(3,21)14-9-10-18-16(11-14)15-7-5-6-8-17(15)22-18/h5-11,13,20-21H,4,12H2,1-3H3. The zero-order valence-corrected chi connectivity index (χ0v) is 14.2. The first kappa shape index (κ1) is 15.5. The van der Waals surface area contributed by atoms with Crippen LogP contribution >= 0.6 is 11.3 Å².